The van der Waals surface area contributed by atoms with Gasteiger partial charge >= 0.3 is 0 Å². The van der Waals surface area contributed by atoms with Crippen LogP contribution < -0.4 is 4.72 Å². The third-order valence-electron chi connectivity index (χ3n) is 4.33. The molecule has 1 amide bonds. The molecule has 1 aromatic carbocycles. The SMILES string of the molecule is CCCN(CCC)C(=O)c1cc(S(=O)(=O)NCCN2CC2)c(Br)cc1C. The molecule has 0 bridgehead atoms. The summed E-state index contributed by atoms with van der Waals surface area (Å²) in [5.74, 6) is -0.112. The van der Waals surface area contributed by atoms with Gasteiger partial charge in [-0.05, 0) is 53.4 Å². The van der Waals surface area contributed by atoms with Crippen LogP contribution in [0.25, 0.3) is 0 Å². The Morgan fingerprint density at radius 3 is 2.38 bits per heavy atom. The van der Waals surface area contributed by atoms with Crippen LogP contribution in [0.5, 0.6) is 0 Å². The van der Waals surface area contributed by atoms with Crippen molar-refractivity contribution in [1.82, 2.24) is 14.5 Å². The van der Waals surface area contributed by atoms with Crippen molar-refractivity contribution < 1.29 is 13.2 Å². The van der Waals surface area contributed by atoms with Crippen molar-refractivity contribution in [2.75, 3.05) is 39.3 Å². The van der Waals surface area contributed by atoms with E-state index in [4.69, 9.17) is 0 Å². The van der Waals surface area contributed by atoms with Crippen LogP contribution in [0.4, 0.5) is 0 Å². The minimum atomic E-state index is -3.68. The van der Waals surface area contributed by atoms with Gasteiger partial charge in [-0.2, -0.15) is 0 Å². The molecule has 1 saturated heterocycles. The average Bonchev–Trinajstić information content (AvgIpc) is 3.38. The molecule has 0 unspecified atom stereocenters. The molecule has 0 saturated carbocycles. The fraction of sp³-hybridized carbons (Fsp3) is 0.611. The van der Waals surface area contributed by atoms with Crippen LogP contribution in [0.3, 0.4) is 0 Å². The molecule has 0 aliphatic carbocycles. The van der Waals surface area contributed by atoms with E-state index in [1.54, 1.807) is 11.0 Å². The first-order valence-electron chi connectivity index (χ1n) is 9.11. The van der Waals surface area contributed by atoms with Crippen LogP contribution in [0.1, 0.15) is 42.6 Å². The van der Waals surface area contributed by atoms with Crippen molar-refractivity contribution in [3.63, 3.8) is 0 Å². The summed E-state index contributed by atoms with van der Waals surface area (Å²) in [6.07, 6.45) is 1.73. The molecule has 1 fully saturated rings. The zero-order valence-corrected chi connectivity index (χ0v) is 18.1. The standard InChI is InChI=1S/C18H28BrN3O3S/c1-4-7-22(8-5-2)18(23)15-13-17(16(19)12-14(15)3)26(24,25)20-6-9-21-10-11-21/h12-13,20H,4-11H2,1-3H3. The zero-order chi connectivity index (χ0) is 19.3. The molecule has 0 atom stereocenters. The molecule has 0 aromatic heterocycles. The number of hydrogen-bond donors (Lipinski definition) is 1. The average molecular weight is 446 g/mol. The summed E-state index contributed by atoms with van der Waals surface area (Å²) >= 11 is 3.34. The van der Waals surface area contributed by atoms with Gasteiger partial charge in [-0.1, -0.05) is 13.8 Å². The summed E-state index contributed by atoms with van der Waals surface area (Å²) in [6, 6.07) is 3.21. The van der Waals surface area contributed by atoms with E-state index in [0.29, 0.717) is 36.2 Å². The Bertz CT molecular complexity index is 742. The number of carbonyl (C=O) groups is 1. The van der Waals surface area contributed by atoms with Gasteiger partial charge in [0.15, 0.2) is 0 Å². The summed E-state index contributed by atoms with van der Waals surface area (Å²) in [5.41, 5.74) is 1.21. The Balaban J connectivity index is 2.27. The highest BCUT2D eigenvalue weighted by Gasteiger charge is 2.24. The number of halogens is 1. The van der Waals surface area contributed by atoms with Crippen molar-refractivity contribution in [3.05, 3.63) is 27.7 Å². The van der Waals surface area contributed by atoms with E-state index in [-0.39, 0.29) is 10.8 Å². The lowest BCUT2D eigenvalue weighted by Crippen LogP contribution is -2.33. The maximum atomic E-state index is 12.9. The fourth-order valence-electron chi connectivity index (χ4n) is 2.82. The predicted molar refractivity (Wildman–Crippen MR) is 107 cm³/mol. The van der Waals surface area contributed by atoms with E-state index in [0.717, 1.165) is 31.5 Å². The molecule has 6 nitrogen and oxygen atoms in total. The molecule has 0 spiro atoms. The van der Waals surface area contributed by atoms with Gasteiger partial charge in [0.05, 0.1) is 4.90 Å². The van der Waals surface area contributed by atoms with Gasteiger partial charge < -0.3 is 4.90 Å². The minimum Gasteiger partial charge on any atom is -0.339 e. The highest BCUT2D eigenvalue weighted by atomic mass is 79.9. The molecule has 1 N–H and O–H groups in total. The Hall–Kier alpha value is -0.960. The number of rotatable bonds is 10. The number of hydrogen-bond acceptors (Lipinski definition) is 4. The second kappa shape index (κ2) is 9.30. The maximum absolute atomic E-state index is 12.9. The number of nitrogens with zero attached hydrogens (tertiary/aromatic N) is 2. The van der Waals surface area contributed by atoms with Gasteiger partial charge in [0.2, 0.25) is 10.0 Å². The van der Waals surface area contributed by atoms with Crippen LogP contribution in [0.2, 0.25) is 0 Å². The Morgan fingerprint density at radius 1 is 1.23 bits per heavy atom. The lowest BCUT2D eigenvalue weighted by atomic mass is 10.1. The first-order chi connectivity index (χ1) is 12.3. The Morgan fingerprint density at radius 2 is 1.85 bits per heavy atom. The van der Waals surface area contributed by atoms with Gasteiger partial charge in [0.25, 0.3) is 5.91 Å². The molecule has 8 heteroatoms. The first kappa shape index (κ1) is 21.3. The highest BCUT2D eigenvalue weighted by Crippen LogP contribution is 2.27. The van der Waals surface area contributed by atoms with Crippen LogP contribution in [-0.2, 0) is 10.0 Å². The van der Waals surface area contributed by atoms with E-state index < -0.39 is 10.0 Å². The molecular weight excluding hydrogens is 418 g/mol. The van der Waals surface area contributed by atoms with E-state index in [9.17, 15) is 13.2 Å². The number of nitrogens with one attached hydrogen (secondary N) is 1. The lowest BCUT2D eigenvalue weighted by Gasteiger charge is -2.23. The molecule has 1 aliphatic heterocycles. The number of sulfonamides is 1. The number of amides is 1. The van der Waals surface area contributed by atoms with Crippen LogP contribution in [-0.4, -0.2) is 63.4 Å². The lowest BCUT2D eigenvalue weighted by molar-refractivity contribution is 0.0754. The van der Waals surface area contributed by atoms with Gasteiger partial charge in [0.1, 0.15) is 0 Å². The topological polar surface area (TPSA) is 69.5 Å². The van der Waals surface area contributed by atoms with Crippen LogP contribution in [0.15, 0.2) is 21.5 Å². The molecular formula is C18H28BrN3O3S. The second-order valence-corrected chi connectivity index (χ2v) is 9.22. The Kier molecular flexibility index (Phi) is 7.63. The largest absolute Gasteiger partial charge is 0.339 e. The second-order valence-electron chi connectivity index (χ2n) is 6.63. The highest BCUT2D eigenvalue weighted by molar-refractivity contribution is 9.10. The normalized spacial score (nSPS) is 14.5. The van der Waals surface area contributed by atoms with E-state index in [1.165, 1.54) is 6.07 Å². The smallest absolute Gasteiger partial charge is 0.254 e. The zero-order valence-electron chi connectivity index (χ0n) is 15.7. The third kappa shape index (κ3) is 5.52. The summed E-state index contributed by atoms with van der Waals surface area (Å²) in [7, 11) is -3.68. The van der Waals surface area contributed by atoms with Crippen LogP contribution >= 0.6 is 15.9 Å². The van der Waals surface area contributed by atoms with Gasteiger partial charge in [0, 0.05) is 49.3 Å². The minimum absolute atomic E-state index is 0.112. The molecule has 1 aliphatic rings. The van der Waals surface area contributed by atoms with Gasteiger partial charge in [-0.25, -0.2) is 13.1 Å². The summed E-state index contributed by atoms with van der Waals surface area (Å²) in [6.45, 7) is 10.3. The summed E-state index contributed by atoms with van der Waals surface area (Å²) < 4.78 is 28.5. The van der Waals surface area contributed by atoms with E-state index in [1.807, 2.05) is 20.8 Å². The third-order valence-corrected chi connectivity index (χ3v) is 6.75. The van der Waals surface area contributed by atoms with Crippen molar-refractivity contribution in [3.8, 4) is 0 Å². The molecule has 146 valence electrons. The Labute approximate surface area is 165 Å². The number of benzene rings is 1. The molecule has 26 heavy (non-hydrogen) atoms. The summed E-state index contributed by atoms with van der Waals surface area (Å²) in [5, 5.41) is 0. The number of aryl methyl sites for hydroxylation is 1. The quantitative estimate of drug-likeness (QED) is 0.561. The molecule has 0 radical (unpaired) electrons. The number of carbonyl (C=O) groups excluding carboxylic acids is 1. The van der Waals surface area contributed by atoms with Crippen molar-refractivity contribution >= 4 is 31.9 Å². The predicted octanol–water partition coefficient (Wildman–Crippen LogP) is 2.61. The van der Waals surface area contributed by atoms with Crippen molar-refractivity contribution in [2.24, 2.45) is 0 Å². The van der Waals surface area contributed by atoms with Crippen molar-refractivity contribution in [1.29, 1.82) is 0 Å². The maximum Gasteiger partial charge on any atom is 0.254 e. The summed E-state index contributed by atoms with van der Waals surface area (Å²) in [4.78, 5) is 17.0. The van der Waals surface area contributed by atoms with E-state index >= 15 is 0 Å². The molecule has 2 rings (SSSR count). The van der Waals surface area contributed by atoms with E-state index in [2.05, 4.69) is 25.6 Å². The molecule has 1 aromatic rings. The van der Waals surface area contributed by atoms with Crippen LogP contribution in [0, 0.1) is 6.92 Å². The van der Waals surface area contributed by atoms with Crippen molar-refractivity contribution in [2.45, 2.75) is 38.5 Å². The molecule has 1 heterocycles. The monoisotopic (exact) mass is 445 g/mol. The fourth-order valence-corrected chi connectivity index (χ4v) is 5.03. The van der Waals surface area contributed by atoms with Gasteiger partial charge in [-0.15, -0.1) is 0 Å². The first-order valence-corrected chi connectivity index (χ1v) is 11.4. The van der Waals surface area contributed by atoms with Gasteiger partial charge in [-0.3, -0.25) is 9.69 Å².